The number of unbranched alkanes of at least 4 members (excludes halogenated alkanes) is 2. The Bertz CT molecular complexity index is 591. The highest BCUT2D eigenvalue weighted by molar-refractivity contribution is 7.80. The predicted octanol–water partition coefficient (Wildman–Crippen LogP) is 5.14. The molecule has 3 nitrogen and oxygen atoms in total. The van der Waals surface area contributed by atoms with Crippen molar-refractivity contribution in [3.8, 4) is 0 Å². The second kappa shape index (κ2) is 10.1. The van der Waals surface area contributed by atoms with Gasteiger partial charge in [0, 0.05) is 11.8 Å². The molecule has 0 heterocycles. The number of carbonyl (C=O) groups excluding carboxylic acids is 1. The Kier molecular flexibility index (Phi) is 8.08. The summed E-state index contributed by atoms with van der Waals surface area (Å²) in [5.41, 5.74) is 2.41. The summed E-state index contributed by atoms with van der Waals surface area (Å²) in [6.07, 6.45) is 10.1. The third kappa shape index (κ3) is 5.54. The van der Waals surface area contributed by atoms with Crippen molar-refractivity contribution in [2.75, 3.05) is 7.11 Å². The molecule has 1 aliphatic carbocycles. The maximum Gasteiger partial charge on any atom is 0.328 e. The summed E-state index contributed by atoms with van der Waals surface area (Å²) in [5, 5.41) is 3.40. The second-order valence-corrected chi connectivity index (χ2v) is 8.09. The Morgan fingerprint density at radius 3 is 2.46 bits per heavy atom. The van der Waals surface area contributed by atoms with Crippen LogP contribution in [-0.4, -0.2) is 24.1 Å². The summed E-state index contributed by atoms with van der Waals surface area (Å²) in [4.78, 5) is 13.2. The van der Waals surface area contributed by atoms with Crippen molar-refractivity contribution >= 4 is 23.2 Å². The molecule has 0 bridgehead atoms. The van der Waals surface area contributed by atoms with Gasteiger partial charge in [-0.15, -0.1) is 0 Å². The van der Waals surface area contributed by atoms with Crippen molar-refractivity contribution in [2.24, 2.45) is 5.41 Å². The fraction of sp³-hybridized carbons (Fsp3) is 0.636. The maximum absolute atomic E-state index is 12.4. The van der Waals surface area contributed by atoms with E-state index in [1.165, 1.54) is 44.8 Å². The Balaban J connectivity index is 2.08. The van der Waals surface area contributed by atoms with Gasteiger partial charge in [-0.25, -0.2) is 4.79 Å². The molecule has 2 rings (SSSR count). The molecule has 0 aromatic heterocycles. The molecule has 1 aromatic rings. The third-order valence-corrected chi connectivity index (χ3v) is 6.20. The smallest absolute Gasteiger partial charge is 0.328 e. The minimum absolute atomic E-state index is 0.0735. The van der Waals surface area contributed by atoms with Gasteiger partial charge in [-0.1, -0.05) is 81.1 Å². The molecule has 1 aliphatic rings. The highest BCUT2D eigenvalue weighted by Gasteiger charge is 2.39. The zero-order chi connectivity index (χ0) is 19.0. The first-order valence-electron chi connectivity index (χ1n) is 9.95. The van der Waals surface area contributed by atoms with E-state index in [4.69, 9.17) is 17.0 Å². The van der Waals surface area contributed by atoms with Gasteiger partial charge in [-0.2, -0.15) is 0 Å². The first-order valence-corrected chi connectivity index (χ1v) is 10.4. The predicted molar refractivity (Wildman–Crippen MR) is 111 cm³/mol. The lowest BCUT2D eigenvalue weighted by Gasteiger charge is -2.32. The fourth-order valence-electron chi connectivity index (χ4n) is 3.96. The number of nitrogens with one attached hydrogen (secondary N) is 1. The van der Waals surface area contributed by atoms with Crippen LogP contribution in [0.25, 0.3) is 0 Å². The van der Waals surface area contributed by atoms with Gasteiger partial charge in [0.25, 0.3) is 0 Å². The molecule has 144 valence electrons. The van der Waals surface area contributed by atoms with Crippen molar-refractivity contribution in [1.29, 1.82) is 0 Å². The van der Waals surface area contributed by atoms with E-state index in [0.29, 0.717) is 6.42 Å². The van der Waals surface area contributed by atoms with Crippen LogP contribution in [0.1, 0.15) is 69.4 Å². The van der Waals surface area contributed by atoms with Gasteiger partial charge in [-0.05, 0) is 31.7 Å². The number of benzene rings is 1. The number of hydrogen-bond acceptors (Lipinski definition) is 3. The van der Waals surface area contributed by atoms with Gasteiger partial charge in [0.2, 0.25) is 0 Å². The second-order valence-electron chi connectivity index (χ2n) is 7.68. The molecule has 1 aromatic carbocycles. The van der Waals surface area contributed by atoms with Crippen LogP contribution in [0.15, 0.2) is 24.3 Å². The van der Waals surface area contributed by atoms with Gasteiger partial charge in [0.15, 0.2) is 0 Å². The highest BCUT2D eigenvalue weighted by atomic mass is 32.1. The van der Waals surface area contributed by atoms with Crippen LogP contribution in [0.4, 0.5) is 0 Å². The Morgan fingerprint density at radius 1 is 1.23 bits per heavy atom. The number of aryl methyl sites for hydroxylation is 1. The monoisotopic (exact) mass is 375 g/mol. The molecule has 1 saturated carbocycles. The minimum atomic E-state index is -0.418. The van der Waals surface area contributed by atoms with E-state index < -0.39 is 6.04 Å². The molecule has 1 unspecified atom stereocenters. The van der Waals surface area contributed by atoms with Gasteiger partial charge in [-0.3, -0.25) is 0 Å². The van der Waals surface area contributed by atoms with Crippen LogP contribution in [0.3, 0.4) is 0 Å². The molecule has 1 atom stereocenters. The molecule has 26 heavy (non-hydrogen) atoms. The number of carbonyl (C=O) groups is 1. The highest BCUT2D eigenvalue weighted by Crippen LogP contribution is 2.43. The number of ether oxygens (including phenoxy) is 1. The van der Waals surface area contributed by atoms with Gasteiger partial charge in [0.05, 0.1) is 12.1 Å². The van der Waals surface area contributed by atoms with Crippen LogP contribution in [0, 0.1) is 12.3 Å². The number of methoxy groups -OCH3 is 1. The normalized spacial score (nSPS) is 16.9. The summed E-state index contributed by atoms with van der Waals surface area (Å²) in [5.74, 6) is -0.241. The Labute approximate surface area is 163 Å². The molecule has 0 amide bonds. The lowest BCUT2D eigenvalue weighted by atomic mass is 9.80. The summed E-state index contributed by atoms with van der Waals surface area (Å²) in [7, 11) is 1.45. The number of thiocarbonyl (C=S) groups is 1. The van der Waals surface area contributed by atoms with Crippen molar-refractivity contribution in [1.82, 2.24) is 5.32 Å². The first-order chi connectivity index (χ1) is 12.5. The van der Waals surface area contributed by atoms with Crippen molar-refractivity contribution in [2.45, 2.75) is 77.7 Å². The molecule has 0 aliphatic heterocycles. The molecule has 0 spiro atoms. The van der Waals surface area contributed by atoms with Gasteiger partial charge in [0.1, 0.15) is 6.04 Å². The first kappa shape index (κ1) is 20.9. The molecule has 1 N–H and O–H groups in total. The Hall–Kier alpha value is -1.42. The zero-order valence-corrected chi connectivity index (χ0v) is 17.3. The topological polar surface area (TPSA) is 38.3 Å². The van der Waals surface area contributed by atoms with E-state index in [1.807, 2.05) is 0 Å². The third-order valence-electron chi connectivity index (χ3n) is 5.65. The van der Waals surface area contributed by atoms with E-state index >= 15 is 0 Å². The van der Waals surface area contributed by atoms with Crippen molar-refractivity contribution < 1.29 is 9.53 Å². The summed E-state index contributed by atoms with van der Waals surface area (Å²) in [6, 6.07) is 7.88. The largest absolute Gasteiger partial charge is 0.467 e. The van der Waals surface area contributed by atoms with Gasteiger partial charge >= 0.3 is 5.97 Å². The fourth-order valence-corrected chi connectivity index (χ4v) is 4.41. The molecular formula is C22H33NO2S. The minimum Gasteiger partial charge on any atom is -0.467 e. The van der Waals surface area contributed by atoms with E-state index in [0.717, 1.165) is 29.8 Å². The summed E-state index contributed by atoms with van der Waals surface area (Å²) >= 11 is 5.84. The van der Waals surface area contributed by atoms with Crippen LogP contribution < -0.4 is 5.32 Å². The van der Waals surface area contributed by atoms with Crippen LogP contribution in [0.2, 0.25) is 0 Å². The van der Waals surface area contributed by atoms with E-state index in [2.05, 4.69) is 43.4 Å². The average Bonchev–Trinajstić information content (AvgIpc) is 3.12. The quantitative estimate of drug-likeness (QED) is 0.369. The summed E-state index contributed by atoms with van der Waals surface area (Å²) < 4.78 is 5.04. The lowest BCUT2D eigenvalue weighted by molar-refractivity contribution is -0.142. The number of hydrogen-bond donors (Lipinski definition) is 1. The molecular weight excluding hydrogens is 342 g/mol. The lowest BCUT2D eigenvalue weighted by Crippen LogP contribution is -2.48. The number of esters is 1. The SMILES string of the molecule is CCCCCC1(C(=S)NC(Cc2ccc(C)cc2)C(=O)OC)CCCC1. The zero-order valence-electron chi connectivity index (χ0n) is 16.5. The molecule has 0 saturated heterocycles. The molecule has 1 fully saturated rings. The van der Waals surface area contributed by atoms with Crippen molar-refractivity contribution in [3.63, 3.8) is 0 Å². The van der Waals surface area contributed by atoms with Gasteiger partial charge < -0.3 is 10.1 Å². The van der Waals surface area contributed by atoms with E-state index in [-0.39, 0.29) is 11.4 Å². The standard InChI is InChI=1S/C22H33NO2S/c1-4-5-6-13-22(14-7-8-15-22)21(26)23-19(20(24)25-3)16-18-11-9-17(2)10-12-18/h9-12,19H,4-8,13-16H2,1-3H3,(H,23,26). The van der Waals surface area contributed by atoms with Crippen molar-refractivity contribution in [3.05, 3.63) is 35.4 Å². The number of rotatable bonds is 9. The Morgan fingerprint density at radius 2 is 1.88 bits per heavy atom. The average molecular weight is 376 g/mol. The van der Waals surface area contributed by atoms with E-state index in [1.54, 1.807) is 0 Å². The van der Waals surface area contributed by atoms with Crippen LogP contribution in [-0.2, 0) is 16.0 Å². The summed E-state index contributed by atoms with van der Waals surface area (Å²) in [6.45, 7) is 4.29. The maximum atomic E-state index is 12.4. The van der Waals surface area contributed by atoms with E-state index in [9.17, 15) is 4.79 Å². The van der Waals surface area contributed by atoms with Crippen LogP contribution >= 0.6 is 12.2 Å². The van der Waals surface area contributed by atoms with Crippen LogP contribution in [0.5, 0.6) is 0 Å². The molecule has 4 heteroatoms. The molecule has 0 radical (unpaired) electrons.